The predicted molar refractivity (Wildman–Crippen MR) is 76.6 cm³/mol. The van der Waals surface area contributed by atoms with Gasteiger partial charge in [-0.2, -0.15) is 0 Å². The zero-order valence-corrected chi connectivity index (χ0v) is 11.2. The molecule has 0 aliphatic rings. The zero-order chi connectivity index (χ0) is 13.5. The quantitative estimate of drug-likeness (QED) is 0.604. The van der Waals surface area contributed by atoms with Crippen LogP contribution in [-0.4, -0.2) is 13.3 Å². The number of hydrogen-bond donors (Lipinski definition) is 0. The number of ether oxygens (including phenoxy) is 1. The minimum atomic E-state index is 0.430. The van der Waals surface area contributed by atoms with E-state index in [-0.39, 0.29) is 0 Å². The van der Waals surface area contributed by atoms with E-state index in [0.29, 0.717) is 6.61 Å². The molecule has 2 aromatic carbocycles. The molecule has 3 nitrogen and oxygen atoms in total. The van der Waals surface area contributed by atoms with Crippen molar-refractivity contribution in [3.8, 4) is 5.75 Å². The molecule has 0 saturated heterocycles. The molecule has 0 atom stereocenters. The second-order valence-corrected chi connectivity index (χ2v) is 4.27. The molecular formula is C16H17NO2. The minimum absolute atomic E-state index is 0.430. The van der Waals surface area contributed by atoms with E-state index in [2.05, 4.69) is 24.2 Å². The van der Waals surface area contributed by atoms with Crippen LogP contribution in [0.2, 0.25) is 0 Å². The van der Waals surface area contributed by atoms with E-state index in [1.807, 2.05) is 36.4 Å². The average Bonchev–Trinajstić information content (AvgIpc) is 2.44. The summed E-state index contributed by atoms with van der Waals surface area (Å²) in [6, 6.07) is 15.8. The highest BCUT2D eigenvalue weighted by Gasteiger charge is 1.95. The monoisotopic (exact) mass is 255 g/mol. The molecule has 2 aromatic rings. The Bertz CT molecular complexity index is 564. The van der Waals surface area contributed by atoms with Crippen LogP contribution in [0.15, 0.2) is 53.7 Å². The molecule has 0 aliphatic carbocycles. The predicted octanol–water partition coefficient (Wildman–Crippen LogP) is 3.55. The molecule has 19 heavy (non-hydrogen) atoms. The number of benzene rings is 2. The Morgan fingerprint density at radius 1 is 1.11 bits per heavy atom. The smallest absolute Gasteiger partial charge is 0.142 e. The van der Waals surface area contributed by atoms with Crippen LogP contribution in [-0.2, 0) is 11.4 Å². The van der Waals surface area contributed by atoms with Crippen LogP contribution in [0, 0.1) is 6.92 Å². The van der Waals surface area contributed by atoms with Crippen LogP contribution in [0.25, 0.3) is 0 Å². The number of rotatable bonds is 5. The summed E-state index contributed by atoms with van der Waals surface area (Å²) in [7, 11) is 1.65. The lowest BCUT2D eigenvalue weighted by atomic mass is 10.2. The molecule has 0 unspecified atom stereocenters. The number of hydrogen-bond acceptors (Lipinski definition) is 3. The molecule has 0 aliphatic heterocycles. The van der Waals surface area contributed by atoms with Gasteiger partial charge in [-0.15, -0.1) is 0 Å². The van der Waals surface area contributed by atoms with Crippen molar-refractivity contribution in [1.82, 2.24) is 0 Å². The molecule has 0 N–H and O–H groups in total. The number of methoxy groups -OCH3 is 1. The highest BCUT2D eigenvalue weighted by Crippen LogP contribution is 2.13. The third-order valence-corrected chi connectivity index (χ3v) is 2.68. The number of oxime groups is 1. The summed E-state index contributed by atoms with van der Waals surface area (Å²) in [6.45, 7) is 2.48. The van der Waals surface area contributed by atoms with Gasteiger partial charge in [-0.3, -0.25) is 0 Å². The molecule has 0 spiro atoms. The van der Waals surface area contributed by atoms with Gasteiger partial charge in [-0.05, 0) is 30.2 Å². The SMILES string of the molecule is COc1cccc(CON=Cc2cccc(C)c2)c1. The first-order valence-corrected chi connectivity index (χ1v) is 6.13. The van der Waals surface area contributed by atoms with E-state index >= 15 is 0 Å². The van der Waals surface area contributed by atoms with Gasteiger partial charge >= 0.3 is 0 Å². The van der Waals surface area contributed by atoms with Crippen molar-refractivity contribution in [3.05, 3.63) is 65.2 Å². The lowest BCUT2D eigenvalue weighted by molar-refractivity contribution is 0.132. The summed E-state index contributed by atoms with van der Waals surface area (Å²) in [5, 5.41) is 3.97. The summed E-state index contributed by atoms with van der Waals surface area (Å²) in [5.41, 5.74) is 3.27. The second kappa shape index (κ2) is 6.59. The van der Waals surface area contributed by atoms with Gasteiger partial charge in [-0.25, -0.2) is 0 Å². The van der Waals surface area contributed by atoms with Crippen LogP contribution < -0.4 is 4.74 Å². The molecule has 0 bridgehead atoms. The Kier molecular flexibility index (Phi) is 4.56. The standard InChI is InChI=1S/C16H17NO2/c1-13-5-3-6-14(9-13)11-17-19-12-15-7-4-8-16(10-15)18-2/h3-11H,12H2,1-2H3. The van der Waals surface area contributed by atoms with Gasteiger partial charge in [0.05, 0.1) is 13.3 Å². The largest absolute Gasteiger partial charge is 0.497 e. The first kappa shape index (κ1) is 13.1. The van der Waals surface area contributed by atoms with Gasteiger partial charge in [0.1, 0.15) is 12.4 Å². The maximum Gasteiger partial charge on any atom is 0.142 e. The number of nitrogens with zero attached hydrogens (tertiary/aromatic N) is 1. The maximum atomic E-state index is 5.28. The van der Waals surface area contributed by atoms with E-state index in [4.69, 9.17) is 9.57 Å². The maximum absolute atomic E-state index is 5.28. The topological polar surface area (TPSA) is 30.8 Å². The van der Waals surface area contributed by atoms with Crippen LogP contribution in [0.3, 0.4) is 0 Å². The van der Waals surface area contributed by atoms with E-state index in [1.54, 1.807) is 13.3 Å². The van der Waals surface area contributed by atoms with Crippen molar-refractivity contribution in [2.75, 3.05) is 7.11 Å². The summed E-state index contributed by atoms with van der Waals surface area (Å²) in [6.07, 6.45) is 1.72. The molecule has 3 heteroatoms. The van der Waals surface area contributed by atoms with E-state index in [1.165, 1.54) is 5.56 Å². The van der Waals surface area contributed by atoms with Crippen LogP contribution >= 0.6 is 0 Å². The average molecular weight is 255 g/mol. The van der Waals surface area contributed by atoms with Gasteiger partial charge in [0.15, 0.2) is 0 Å². The van der Waals surface area contributed by atoms with Gasteiger partial charge in [0, 0.05) is 0 Å². The zero-order valence-electron chi connectivity index (χ0n) is 11.2. The molecule has 0 heterocycles. The summed E-state index contributed by atoms with van der Waals surface area (Å²) in [5.74, 6) is 0.823. The van der Waals surface area contributed by atoms with Crippen molar-refractivity contribution in [3.63, 3.8) is 0 Å². The molecular weight excluding hydrogens is 238 g/mol. The fourth-order valence-corrected chi connectivity index (χ4v) is 1.72. The first-order valence-electron chi connectivity index (χ1n) is 6.13. The van der Waals surface area contributed by atoms with Crippen LogP contribution in [0.1, 0.15) is 16.7 Å². The summed E-state index contributed by atoms with van der Waals surface area (Å²) in [4.78, 5) is 5.28. The Morgan fingerprint density at radius 3 is 2.74 bits per heavy atom. The second-order valence-electron chi connectivity index (χ2n) is 4.27. The Labute approximate surface area is 113 Å². The van der Waals surface area contributed by atoms with Crippen molar-refractivity contribution >= 4 is 6.21 Å². The molecule has 0 fully saturated rings. The first-order chi connectivity index (χ1) is 9.28. The third kappa shape index (κ3) is 4.14. The Morgan fingerprint density at radius 2 is 1.95 bits per heavy atom. The van der Waals surface area contributed by atoms with E-state index in [9.17, 15) is 0 Å². The van der Waals surface area contributed by atoms with Gasteiger partial charge in [0.2, 0.25) is 0 Å². The number of aryl methyl sites for hydroxylation is 1. The lowest BCUT2D eigenvalue weighted by Gasteiger charge is -2.03. The van der Waals surface area contributed by atoms with Crippen molar-refractivity contribution in [2.24, 2.45) is 5.16 Å². The molecule has 0 aromatic heterocycles. The molecule has 2 rings (SSSR count). The molecule has 98 valence electrons. The van der Waals surface area contributed by atoms with Gasteiger partial charge in [-0.1, -0.05) is 47.1 Å². The molecule has 0 amide bonds. The van der Waals surface area contributed by atoms with Crippen LogP contribution in [0.5, 0.6) is 5.75 Å². The van der Waals surface area contributed by atoms with Crippen LogP contribution in [0.4, 0.5) is 0 Å². The van der Waals surface area contributed by atoms with Crippen molar-refractivity contribution in [2.45, 2.75) is 13.5 Å². The lowest BCUT2D eigenvalue weighted by Crippen LogP contribution is -1.90. The van der Waals surface area contributed by atoms with E-state index < -0.39 is 0 Å². The van der Waals surface area contributed by atoms with Gasteiger partial charge in [0.25, 0.3) is 0 Å². The Hall–Kier alpha value is -2.29. The van der Waals surface area contributed by atoms with E-state index in [0.717, 1.165) is 16.9 Å². The van der Waals surface area contributed by atoms with Crippen molar-refractivity contribution < 1.29 is 9.57 Å². The fourth-order valence-electron chi connectivity index (χ4n) is 1.72. The highest BCUT2D eigenvalue weighted by molar-refractivity contribution is 5.79. The molecule has 0 saturated carbocycles. The van der Waals surface area contributed by atoms with Gasteiger partial charge < -0.3 is 9.57 Å². The molecule has 0 radical (unpaired) electrons. The summed E-state index contributed by atoms with van der Waals surface area (Å²) < 4.78 is 5.15. The Balaban J connectivity index is 1.89. The third-order valence-electron chi connectivity index (χ3n) is 2.68. The fraction of sp³-hybridized carbons (Fsp3) is 0.188. The highest BCUT2D eigenvalue weighted by atomic mass is 16.6. The summed E-state index contributed by atoms with van der Waals surface area (Å²) >= 11 is 0. The normalized spacial score (nSPS) is 10.6. The minimum Gasteiger partial charge on any atom is -0.497 e. The van der Waals surface area contributed by atoms with Crippen molar-refractivity contribution in [1.29, 1.82) is 0 Å².